The van der Waals surface area contributed by atoms with Crippen LogP contribution in [0.5, 0.6) is 0 Å². The average Bonchev–Trinajstić information content (AvgIpc) is 2.60. The molecule has 128 valence electrons. The number of carbonyl (C=O) groups is 1. The third-order valence-corrected chi connectivity index (χ3v) is 4.81. The fraction of sp³-hybridized carbons (Fsp3) is 0.667. The van der Waals surface area contributed by atoms with Crippen molar-refractivity contribution < 1.29 is 4.79 Å². The summed E-state index contributed by atoms with van der Waals surface area (Å²) in [4.78, 5) is 20.4. The van der Waals surface area contributed by atoms with Crippen molar-refractivity contribution in [1.82, 2.24) is 9.88 Å². The molecule has 1 aromatic heterocycles. The number of piperidine rings is 1. The van der Waals surface area contributed by atoms with Gasteiger partial charge >= 0.3 is 0 Å². The predicted molar refractivity (Wildman–Crippen MR) is 94.3 cm³/mol. The fourth-order valence-corrected chi connectivity index (χ4v) is 3.24. The predicted octanol–water partition coefficient (Wildman–Crippen LogP) is 2.27. The summed E-state index contributed by atoms with van der Waals surface area (Å²) in [6.45, 7) is 5.04. The number of amides is 1. The number of aromatic nitrogens is 1. The molecule has 2 N–H and O–H groups in total. The van der Waals surface area contributed by atoms with E-state index >= 15 is 0 Å². The number of likely N-dealkylation sites (N-methyl/N-ethyl adjacent to an activating group) is 1. The second kappa shape index (κ2) is 8.87. The van der Waals surface area contributed by atoms with Crippen molar-refractivity contribution in [2.45, 2.75) is 45.1 Å². The monoisotopic (exact) mass is 318 g/mol. The maximum atomic E-state index is 12.1. The zero-order valence-corrected chi connectivity index (χ0v) is 14.4. The number of carbonyl (C=O) groups excluding carboxylic acids is 1. The first-order chi connectivity index (χ1) is 11.1. The van der Waals surface area contributed by atoms with Crippen LogP contribution in [-0.2, 0) is 4.79 Å². The lowest BCUT2D eigenvalue weighted by Crippen LogP contribution is -2.42. The maximum absolute atomic E-state index is 12.1. The number of hydrogen-bond acceptors (Lipinski definition) is 4. The summed E-state index contributed by atoms with van der Waals surface area (Å²) in [5, 5.41) is 0. The van der Waals surface area contributed by atoms with Crippen molar-refractivity contribution in [3.05, 3.63) is 24.5 Å². The fourth-order valence-electron chi connectivity index (χ4n) is 3.24. The maximum Gasteiger partial charge on any atom is 0.239 e. The summed E-state index contributed by atoms with van der Waals surface area (Å²) >= 11 is 0. The van der Waals surface area contributed by atoms with Gasteiger partial charge in [0.1, 0.15) is 0 Å². The lowest BCUT2D eigenvalue weighted by Gasteiger charge is -2.34. The number of hydrogen-bond donors (Lipinski definition) is 1. The largest absolute Gasteiger partial charge is 0.371 e. The minimum Gasteiger partial charge on any atom is -0.371 e. The van der Waals surface area contributed by atoms with E-state index in [0.29, 0.717) is 5.92 Å². The molecule has 1 amide bonds. The van der Waals surface area contributed by atoms with Crippen LogP contribution in [0, 0.1) is 5.92 Å². The smallest absolute Gasteiger partial charge is 0.239 e. The first-order valence-corrected chi connectivity index (χ1v) is 8.77. The molecule has 1 unspecified atom stereocenters. The molecule has 23 heavy (non-hydrogen) atoms. The Morgan fingerprint density at radius 1 is 1.39 bits per heavy atom. The van der Waals surface area contributed by atoms with Crippen molar-refractivity contribution in [3.8, 4) is 0 Å². The van der Waals surface area contributed by atoms with Crippen molar-refractivity contribution in [2.75, 3.05) is 31.6 Å². The number of nitrogens with zero attached hydrogens (tertiary/aromatic N) is 3. The van der Waals surface area contributed by atoms with E-state index in [2.05, 4.69) is 28.9 Å². The molecule has 5 nitrogen and oxygen atoms in total. The zero-order chi connectivity index (χ0) is 16.7. The number of anilines is 1. The molecular formula is C18H30N4O. The molecule has 0 aromatic carbocycles. The summed E-state index contributed by atoms with van der Waals surface area (Å²) in [7, 11) is 1.88. The number of pyridine rings is 1. The Hall–Kier alpha value is -1.62. The molecule has 0 bridgehead atoms. The van der Waals surface area contributed by atoms with Crippen LogP contribution in [0.3, 0.4) is 0 Å². The van der Waals surface area contributed by atoms with Gasteiger partial charge < -0.3 is 15.5 Å². The van der Waals surface area contributed by atoms with Gasteiger partial charge in [-0.15, -0.1) is 0 Å². The molecule has 0 radical (unpaired) electrons. The molecule has 5 heteroatoms. The van der Waals surface area contributed by atoms with Gasteiger partial charge in [0.2, 0.25) is 5.91 Å². The highest BCUT2D eigenvalue weighted by Gasteiger charge is 2.22. The first-order valence-electron chi connectivity index (χ1n) is 8.77. The van der Waals surface area contributed by atoms with Crippen LogP contribution in [0.25, 0.3) is 0 Å². The van der Waals surface area contributed by atoms with Crippen molar-refractivity contribution in [3.63, 3.8) is 0 Å². The van der Waals surface area contributed by atoms with Gasteiger partial charge in [-0.05, 0) is 43.7 Å². The highest BCUT2D eigenvalue weighted by Crippen LogP contribution is 2.24. The standard InChI is InChI=1S/C18H30N4O/c1-3-4-17(19)18(23)21(2)12-7-15-8-13-22(14-9-15)16-5-10-20-11-6-16/h5-6,10-11,15,17H,3-4,7-9,12-14,19H2,1-2H3. The number of rotatable bonds is 7. The van der Waals surface area contributed by atoms with Crippen LogP contribution < -0.4 is 10.6 Å². The molecule has 0 saturated carbocycles. The molecule has 1 saturated heterocycles. The quantitative estimate of drug-likeness (QED) is 0.838. The Morgan fingerprint density at radius 2 is 2.04 bits per heavy atom. The SMILES string of the molecule is CCCC(N)C(=O)N(C)CCC1CCN(c2ccncc2)CC1. The van der Waals surface area contributed by atoms with E-state index in [1.807, 2.05) is 24.3 Å². The van der Waals surface area contributed by atoms with Gasteiger partial charge in [0.05, 0.1) is 6.04 Å². The van der Waals surface area contributed by atoms with Crippen LogP contribution >= 0.6 is 0 Å². The minimum atomic E-state index is -0.335. The highest BCUT2D eigenvalue weighted by atomic mass is 16.2. The van der Waals surface area contributed by atoms with E-state index in [-0.39, 0.29) is 11.9 Å². The molecule has 1 fully saturated rings. The highest BCUT2D eigenvalue weighted by molar-refractivity contribution is 5.81. The van der Waals surface area contributed by atoms with Crippen molar-refractivity contribution >= 4 is 11.6 Å². The van der Waals surface area contributed by atoms with Gasteiger partial charge in [-0.3, -0.25) is 9.78 Å². The van der Waals surface area contributed by atoms with Crippen LogP contribution in [0.15, 0.2) is 24.5 Å². The Morgan fingerprint density at radius 3 is 2.65 bits per heavy atom. The van der Waals surface area contributed by atoms with E-state index in [4.69, 9.17) is 5.73 Å². The van der Waals surface area contributed by atoms with Gasteiger partial charge in [-0.2, -0.15) is 0 Å². The summed E-state index contributed by atoms with van der Waals surface area (Å²) in [6, 6.07) is 3.81. The zero-order valence-electron chi connectivity index (χ0n) is 14.4. The summed E-state index contributed by atoms with van der Waals surface area (Å²) in [5.74, 6) is 0.784. The van der Waals surface area contributed by atoms with E-state index in [1.54, 1.807) is 0 Å². The molecule has 2 rings (SSSR count). The molecule has 1 aliphatic heterocycles. The molecule has 2 heterocycles. The lowest BCUT2D eigenvalue weighted by molar-refractivity contribution is -0.131. The van der Waals surface area contributed by atoms with Crippen LogP contribution in [0.4, 0.5) is 5.69 Å². The molecule has 1 aromatic rings. The summed E-state index contributed by atoms with van der Waals surface area (Å²) in [5.41, 5.74) is 7.18. The van der Waals surface area contributed by atoms with Gasteiger partial charge in [-0.25, -0.2) is 0 Å². The van der Waals surface area contributed by atoms with Crippen LogP contribution in [-0.4, -0.2) is 48.5 Å². The van der Waals surface area contributed by atoms with Gasteiger partial charge in [0, 0.05) is 44.8 Å². The van der Waals surface area contributed by atoms with Crippen LogP contribution in [0.1, 0.15) is 39.0 Å². The Kier molecular flexibility index (Phi) is 6.84. The molecule has 1 atom stereocenters. The third-order valence-electron chi connectivity index (χ3n) is 4.81. The third kappa shape index (κ3) is 5.20. The van der Waals surface area contributed by atoms with Gasteiger partial charge in [0.15, 0.2) is 0 Å². The van der Waals surface area contributed by atoms with E-state index in [0.717, 1.165) is 38.9 Å². The summed E-state index contributed by atoms with van der Waals surface area (Å²) < 4.78 is 0. The average molecular weight is 318 g/mol. The first kappa shape index (κ1) is 17.7. The second-order valence-electron chi connectivity index (χ2n) is 6.58. The Labute approximate surface area is 139 Å². The Bertz CT molecular complexity index is 471. The normalized spacial score (nSPS) is 17.1. The lowest BCUT2D eigenvalue weighted by atomic mass is 9.93. The van der Waals surface area contributed by atoms with Gasteiger partial charge in [-0.1, -0.05) is 13.3 Å². The molecule has 0 spiro atoms. The van der Waals surface area contributed by atoms with E-state index in [1.165, 1.54) is 18.5 Å². The van der Waals surface area contributed by atoms with Crippen molar-refractivity contribution in [1.29, 1.82) is 0 Å². The molecule has 0 aliphatic carbocycles. The minimum absolute atomic E-state index is 0.0843. The molecular weight excluding hydrogens is 288 g/mol. The number of nitrogens with two attached hydrogens (primary N) is 1. The molecule has 1 aliphatic rings. The topological polar surface area (TPSA) is 62.5 Å². The summed E-state index contributed by atoms with van der Waals surface area (Å²) in [6.07, 6.45) is 8.87. The van der Waals surface area contributed by atoms with Crippen molar-refractivity contribution in [2.24, 2.45) is 11.7 Å². The van der Waals surface area contributed by atoms with E-state index < -0.39 is 0 Å². The van der Waals surface area contributed by atoms with Crippen LogP contribution in [0.2, 0.25) is 0 Å². The van der Waals surface area contributed by atoms with Gasteiger partial charge in [0.25, 0.3) is 0 Å². The van der Waals surface area contributed by atoms with E-state index in [9.17, 15) is 4.79 Å². The Balaban J connectivity index is 1.71. The second-order valence-corrected chi connectivity index (χ2v) is 6.58.